The molecule has 0 fully saturated rings. The highest BCUT2D eigenvalue weighted by molar-refractivity contribution is 5.40. The summed E-state index contributed by atoms with van der Waals surface area (Å²) in [5.41, 5.74) is 0.628. The zero-order chi connectivity index (χ0) is 11.8. The molecule has 0 bridgehead atoms. The van der Waals surface area contributed by atoms with Crippen molar-refractivity contribution in [2.75, 3.05) is 0 Å². The molecule has 0 atom stereocenters. The number of halogens is 2. The maximum atomic E-state index is 12.5. The van der Waals surface area contributed by atoms with Gasteiger partial charge in [0.1, 0.15) is 0 Å². The normalized spacial score (nSPS) is 8.88. The average molecular weight is 218 g/mol. The van der Waals surface area contributed by atoms with Crippen molar-refractivity contribution in [3.05, 3.63) is 60.2 Å². The van der Waals surface area contributed by atoms with Gasteiger partial charge in [-0.1, -0.05) is 36.1 Å². The number of rotatable bonds is 3. The number of hydrogen-bond donors (Lipinski definition) is 0. The SMILES string of the molecule is C=CCCC(C#Cc1ccccc1)=C(F)F. The first-order chi connectivity index (χ1) is 7.74. The van der Waals surface area contributed by atoms with E-state index in [4.69, 9.17) is 0 Å². The zero-order valence-electron chi connectivity index (χ0n) is 8.84. The van der Waals surface area contributed by atoms with E-state index in [1.807, 2.05) is 18.2 Å². The number of benzene rings is 1. The van der Waals surface area contributed by atoms with Crippen LogP contribution >= 0.6 is 0 Å². The molecular weight excluding hydrogens is 206 g/mol. The molecule has 0 nitrogen and oxygen atoms in total. The third-order valence-electron chi connectivity index (χ3n) is 1.96. The predicted molar refractivity (Wildman–Crippen MR) is 62.0 cm³/mol. The van der Waals surface area contributed by atoms with Gasteiger partial charge in [-0.25, -0.2) is 0 Å². The second-order valence-corrected chi connectivity index (χ2v) is 3.18. The van der Waals surface area contributed by atoms with Gasteiger partial charge in [0.05, 0.1) is 5.57 Å². The molecule has 1 aromatic rings. The number of allylic oxidation sites excluding steroid dienone is 2. The summed E-state index contributed by atoms with van der Waals surface area (Å²) in [6, 6.07) is 9.07. The van der Waals surface area contributed by atoms with Crippen molar-refractivity contribution in [1.29, 1.82) is 0 Å². The van der Waals surface area contributed by atoms with E-state index < -0.39 is 6.08 Å². The summed E-state index contributed by atoms with van der Waals surface area (Å²) in [6.07, 6.45) is 0.653. The Morgan fingerprint density at radius 3 is 2.50 bits per heavy atom. The van der Waals surface area contributed by atoms with Crippen LogP contribution in [0.1, 0.15) is 18.4 Å². The Bertz CT molecular complexity index is 429. The predicted octanol–water partition coefficient (Wildman–Crippen LogP) is 4.15. The van der Waals surface area contributed by atoms with Gasteiger partial charge in [0, 0.05) is 5.56 Å². The molecule has 2 heteroatoms. The Morgan fingerprint density at radius 1 is 1.25 bits per heavy atom. The van der Waals surface area contributed by atoms with Gasteiger partial charge in [-0.3, -0.25) is 0 Å². The van der Waals surface area contributed by atoms with Crippen LogP contribution in [-0.4, -0.2) is 0 Å². The van der Waals surface area contributed by atoms with Crippen molar-refractivity contribution < 1.29 is 8.78 Å². The molecule has 0 amide bonds. The summed E-state index contributed by atoms with van der Waals surface area (Å²) in [4.78, 5) is 0. The lowest BCUT2D eigenvalue weighted by Crippen LogP contribution is -1.82. The van der Waals surface area contributed by atoms with Gasteiger partial charge < -0.3 is 0 Å². The summed E-state index contributed by atoms with van der Waals surface area (Å²) >= 11 is 0. The number of hydrogen-bond acceptors (Lipinski definition) is 0. The van der Waals surface area contributed by atoms with Crippen molar-refractivity contribution >= 4 is 0 Å². The van der Waals surface area contributed by atoms with E-state index >= 15 is 0 Å². The lowest BCUT2D eigenvalue weighted by Gasteiger charge is -1.94. The average Bonchev–Trinajstić information content (AvgIpc) is 2.30. The first-order valence-electron chi connectivity index (χ1n) is 4.96. The lowest BCUT2D eigenvalue weighted by molar-refractivity contribution is 0.412. The largest absolute Gasteiger partial charge is 0.281 e. The highest BCUT2D eigenvalue weighted by Crippen LogP contribution is 2.13. The van der Waals surface area contributed by atoms with Crippen LogP contribution in [0.3, 0.4) is 0 Å². The second-order valence-electron chi connectivity index (χ2n) is 3.18. The Kier molecular flexibility index (Phi) is 5.01. The van der Waals surface area contributed by atoms with Crippen molar-refractivity contribution in [3.63, 3.8) is 0 Å². The van der Waals surface area contributed by atoms with Crippen LogP contribution in [0.4, 0.5) is 8.78 Å². The molecule has 0 N–H and O–H groups in total. The minimum absolute atomic E-state index is 0.108. The quantitative estimate of drug-likeness (QED) is 0.528. The molecule has 0 unspecified atom stereocenters. The van der Waals surface area contributed by atoms with E-state index in [1.165, 1.54) is 0 Å². The maximum absolute atomic E-state index is 12.5. The summed E-state index contributed by atoms with van der Waals surface area (Å²) in [7, 11) is 0. The molecule has 0 spiro atoms. The Labute approximate surface area is 94.3 Å². The van der Waals surface area contributed by atoms with Gasteiger partial charge in [0.25, 0.3) is 6.08 Å². The van der Waals surface area contributed by atoms with Crippen LogP contribution in [0.15, 0.2) is 54.6 Å². The minimum atomic E-state index is -1.70. The fraction of sp³-hybridized carbons (Fsp3) is 0.143. The highest BCUT2D eigenvalue weighted by atomic mass is 19.3. The van der Waals surface area contributed by atoms with Crippen LogP contribution in [0.2, 0.25) is 0 Å². The topological polar surface area (TPSA) is 0 Å². The molecule has 0 heterocycles. The van der Waals surface area contributed by atoms with Crippen LogP contribution in [0, 0.1) is 11.8 Å². The van der Waals surface area contributed by atoms with Crippen LogP contribution < -0.4 is 0 Å². The molecule has 1 rings (SSSR count). The van der Waals surface area contributed by atoms with Gasteiger partial charge in [0.15, 0.2) is 0 Å². The van der Waals surface area contributed by atoms with Crippen molar-refractivity contribution in [2.45, 2.75) is 12.8 Å². The van der Waals surface area contributed by atoms with Gasteiger partial charge >= 0.3 is 0 Å². The molecule has 0 aliphatic heterocycles. The lowest BCUT2D eigenvalue weighted by atomic mass is 10.1. The maximum Gasteiger partial charge on any atom is 0.281 e. The molecule has 0 saturated carbocycles. The minimum Gasteiger partial charge on any atom is -0.172 e. The summed E-state index contributed by atoms with van der Waals surface area (Å²) in [6.45, 7) is 3.49. The van der Waals surface area contributed by atoms with Crippen molar-refractivity contribution in [1.82, 2.24) is 0 Å². The van der Waals surface area contributed by atoms with Crippen LogP contribution in [-0.2, 0) is 0 Å². The first-order valence-corrected chi connectivity index (χ1v) is 4.96. The highest BCUT2D eigenvalue weighted by Gasteiger charge is 2.01. The summed E-state index contributed by atoms with van der Waals surface area (Å²) in [5, 5.41) is 0. The van der Waals surface area contributed by atoms with Gasteiger partial charge in [-0.05, 0) is 25.0 Å². The molecular formula is C14H12F2. The smallest absolute Gasteiger partial charge is 0.172 e. The second kappa shape index (κ2) is 6.58. The monoisotopic (exact) mass is 218 g/mol. The third-order valence-corrected chi connectivity index (χ3v) is 1.96. The van der Waals surface area contributed by atoms with E-state index in [0.29, 0.717) is 6.42 Å². The van der Waals surface area contributed by atoms with Crippen LogP contribution in [0.5, 0.6) is 0 Å². The molecule has 0 aromatic heterocycles. The molecule has 1 aromatic carbocycles. The molecule has 16 heavy (non-hydrogen) atoms. The molecule has 82 valence electrons. The van der Waals surface area contributed by atoms with E-state index in [2.05, 4.69) is 18.4 Å². The van der Waals surface area contributed by atoms with E-state index in [9.17, 15) is 8.78 Å². The Morgan fingerprint density at radius 2 is 1.94 bits per heavy atom. The Balaban J connectivity index is 2.81. The van der Waals surface area contributed by atoms with E-state index in [0.717, 1.165) is 5.56 Å². The molecule has 0 radical (unpaired) electrons. The zero-order valence-corrected chi connectivity index (χ0v) is 8.84. The standard InChI is InChI=1S/C14H12F2/c1-2-3-9-13(14(15)16)11-10-12-7-5-4-6-8-12/h2,4-8H,1,3,9H2. The van der Waals surface area contributed by atoms with Crippen molar-refractivity contribution in [3.8, 4) is 11.8 Å². The van der Waals surface area contributed by atoms with Gasteiger partial charge in [-0.2, -0.15) is 8.78 Å². The Hall–Kier alpha value is -1.88. The summed E-state index contributed by atoms with van der Waals surface area (Å²) in [5.74, 6) is 5.21. The van der Waals surface area contributed by atoms with E-state index in [-0.39, 0.29) is 12.0 Å². The fourth-order valence-corrected chi connectivity index (χ4v) is 1.12. The molecule has 0 aliphatic carbocycles. The first kappa shape index (κ1) is 12.2. The van der Waals surface area contributed by atoms with Crippen LogP contribution in [0.25, 0.3) is 0 Å². The molecule has 0 saturated heterocycles. The van der Waals surface area contributed by atoms with Gasteiger partial charge in [-0.15, -0.1) is 6.58 Å². The third kappa shape index (κ3) is 4.10. The van der Waals surface area contributed by atoms with Gasteiger partial charge in [0.2, 0.25) is 0 Å². The molecule has 0 aliphatic rings. The summed E-state index contributed by atoms with van der Waals surface area (Å²) < 4.78 is 24.9. The van der Waals surface area contributed by atoms with E-state index in [1.54, 1.807) is 18.2 Å². The van der Waals surface area contributed by atoms with Crippen molar-refractivity contribution in [2.24, 2.45) is 0 Å². The fourth-order valence-electron chi connectivity index (χ4n) is 1.12.